The quantitative estimate of drug-likeness (QED) is 0.398. The SMILES string of the molecule is C=C(C)C(=O)Oc1ccc(/C=C/C(=O)Oc2ccc(OC(=O)C(=C)C)cc2)cc1. The van der Waals surface area contributed by atoms with Crippen LogP contribution in [0.2, 0.25) is 0 Å². The van der Waals surface area contributed by atoms with E-state index in [0.717, 1.165) is 5.56 Å². The van der Waals surface area contributed by atoms with Gasteiger partial charge in [-0.3, -0.25) is 0 Å². The molecular formula is C23H20O6. The predicted octanol–water partition coefficient (Wildman–Crippen LogP) is 4.27. The Morgan fingerprint density at radius 3 is 1.48 bits per heavy atom. The number of rotatable bonds is 7. The Bertz CT molecular complexity index is 965. The molecule has 0 saturated heterocycles. The molecule has 2 aromatic carbocycles. The summed E-state index contributed by atoms with van der Waals surface area (Å²) in [5, 5.41) is 0. The largest absolute Gasteiger partial charge is 0.423 e. The van der Waals surface area contributed by atoms with Gasteiger partial charge in [-0.05, 0) is 61.9 Å². The summed E-state index contributed by atoms with van der Waals surface area (Å²) in [4.78, 5) is 34.9. The van der Waals surface area contributed by atoms with E-state index in [4.69, 9.17) is 14.2 Å². The van der Waals surface area contributed by atoms with Crippen LogP contribution in [0.5, 0.6) is 17.2 Å². The zero-order chi connectivity index (χ0) is 21.4. The van der Waals surface area contributed by atoms with Crippen LogP contribution in [0.3, 0.4) is 0 Å². The van der Waals surface area contributed by atoms with Crippen LogP contribution in [0, 0.1) is 0 Å². The summed E-state index contributed by atoms with van der Waals surface area (Å²) >= 11 is 0. The number of ether oxygens (including phenoxy) is 3. The van der Waals surface area contributed by atoms with Crippen LogP contribution in [-0.4, -0.2) is 17.9 Å². The fourth-order valence-electron chi connectivity index (χ4n) is 1.93. The van der Waals surface area contributed by atoms with Crippen LogP contribution >= 0.6 is 0 Å². The Morgan fingerprint density at radius 2 is 1.07 bits per heavy atom. The minimum Gasteiger partial charge on any atom is -0.423 e. The van der Waals surface area contributed by atoms with Crippen LogP contribution in [0.4, 0.5) is 0 Å². The lowest BCUT2D eigenvalue weighted by atomic mass is 10.2. The molecule has 2 aromatic rings. The highest BCUT2D eigenvalue weighted by Gasteiger charge is 2.07. The molecule has 6 heteroatoms. The van der Waals surface area contributed by atoms with E-state index in [9.17, 15) is 14.4 Å². The number of carbonyl (C=O) groups excluding carboxylic acids is 3. The molecule has 0 amide bonds. The minimum absolute atomic E-state index is 0.285. The Kier molecular flexibility index (Phi) is 7.26. The number of esters is 3. The van der Waals surface area contributed by atoms with Crippen molar-refractivity contribution in [1.29, 1.82) is 0 Å². The van der Waals surface area contributed by atoms with Gasteiger partial charge in [0.25, 0.3) is 0 Å². The third-order valence-electron chi connectivity index (χ3n) is 3.45. The second-order valence-corrected chi connectivity index (χ2v) is 6.13. The fourth-order valence-corrected chi connectivity index (χ4v) is 1.93. The van der Waals surface area contributed by atoms with E-state index in [1.54, 1.807) is 44.2 Å². The first-order chi connectivity index (χ1) is 13.7. The number of carbonyl (C=O) groups is 3. The second kappa shape index (κ2) is 9.85. The molecule has 0 aliphatic carbocycles. The first-order valence-electron chi connectivity index (χ1n) is 8.60. The highest BCUT2D eigenvalue weighted by molar-refractivity contribution is 5.90. The Labute approximate surface area is 168 Å². The van der Waals surface area contributed by atoms with Crippen molar-refractivity contribution in [3.8, 4) is 17.2 Å². The molecule has 0 aromatic heterocycles. The zero-order valence-electron chi connectivity index (χ0n) is 16.1. The van der Waals surface area contributed by atoms with Crippen molar-refractivity contribution >= 4 is 24.0 Å². The van der Waals surface area contributed by atoms with Gasteiger partial charge in [-0.1, -0.05) is 25.3 Å². The normalized spacial score (nSPS) is 10.3. The molecule has 0 fully saturated rings. The summed E-state index contributed by atoms with van der Waals surface area (Å²) in [5.74, 6) is -0.604. The van der Waals surface area contributed by atoms with Gasteiger partial charge in [-0.2, -0.15) is 0 Å². The smallest absolute Gasteiger partial charge is 0.338 e. The Balaban J connectivity index is 1.90. The molecule has 0 unspecified atom stereocenters. The maximum absolute atomic E-state index is 11.9. The van der Waals surface area contributed by atoms with Crippen molar-refractivity contribution in [3.05, 3.63) is 84.5 Å². The Hall–Kier alpha value is -3.93. The topological polar surface area (TPSA) is 78.9 Å². The highest BCUT2D eigenvalue weighted by atomic mass is 16.5. The van der Waals surface area contributed by atoms with Gasteiger partial charge < -0.3 is 14.2 Å². The average molecular weight is 392 g/mol. The van der Waals surface area contributed by atoms with Crippen molar-refractivity contribution < 1.29 is 28.6 Å². The van der Waals surface area contributed by atoms with Gasteiger partial charge in [-0.15, -0.1) is 0 Å². The lowest BCUT2D eigenvalue weighted by Gasteiger charge is -2.05. The maximum atomic E-state index is 11.9. The van der Waals surface area contributed by atoms with Crippen LogP contribution < -0.4 is 14.2 Å². The van der Waals surface area contributed by atoms with Crippen molar-refractivity contribution in [2.75, 3.05) is 0 Å². The molecule has 0 heterocycles. The van der Waals surface area contributed by atoms with Gasteiger partial charge in [-0.25, -0.2) is 14.4 Å². The molecule has 0 spiro atoms. The summed E-state index contributed by atoms with van der Waals surface area (Å²) in [6, 6.07) is 12.6. The van der Waals surface area contributed by atoms with Crippen molar-refractivity contribution in [1.82, 2.24) is 0 Å². The van der Waals surface area contributed by atoms with Crippen molar-refractivity contribution in [2.45, 2.75) is 13.8 Å². The third-order valence-corrected chi connectivity index (χ3v) is 3.45. The zero-order valence-corrected chi connectivity index (χ0v) is 16.1. The van der Waals surface area contributed by atoms with Gasteiger partial charge in [0, 0.05) is 17.2 Å². The van der Waals surface area contributed by atoms with Gasteiger partial charge in [0.05, 0.1) is 0 Å². The Morgan fingerprint density at radius 1 is 0.690 bits per heavy atom. The van der Waals surface area contributed by atoms with Crippen LogP contribution in [0.25, 0.3) is 6.08 Å². The highest BCUT2D eigenvalue weighted by Crippen LogP contribution is 2.19. The van der Waals surface area contributed by atoms with Gasteiger partial charge >= 0.3 is 17.9 Å². The second-order valence-electron chi connectivity index (χ2n) is 6.13. The third kappa shape index (κ3) is 6.95. The molecule has 148 valence electrons. The van der Waals surface area contributed by atoms with E-state index in [0.29, 0.717) is 22.8 Å². The van der Waals surface area contributed by atoms with E-state index in [1.807, 2.05) is 0 Å². The maximum Gasteiger partial charge on any atom is 0.338 e. The van der Waals surface area contributed by atoms with E-state index in [1.165, 1.54) is 30.3 Å². The fraction of sp³-hybridized carbons (Fsp3) is 0.0870. The molecular weight excluding hydrogens is 372 g/mol. The summed E-state index contributed by atoms with van der Waals surface area (Å²) in [7, 11) is 0. The van der Waals surface area contributed by atoms with E-state index in [2.05, 4.69) is 13.2 Å². The molecule has 29 heavy (non-hydrogen) atoms. The lowest BCUT2D eigenvalue weighted by molar-refractivity contribution is -0.131. The first-order valence-corrected chi connectivity index (χ1v) is 8.60. The van der Waals surface area contributed by atoms with Crippen molar-refractivity contribution in [3.63, 3.8) is 0 Å². The van der Waals surface area contributed by atoms with Crippen LogP contribution in [0.1, 0.15) is 19.4 Å². The van der Waals surface area contributed by atoms with E-state index < -0.39 is 17.9 Å². The van der Waals surface area contributed by atoms with Crippen molar-refractivity contribution in [2.24, 2.45) is 0 Å². The van der Waals surface area contributed by atoms with E-state index in [-0.39, 0.29) is 5.57 Å². The van der Waals surface area contributed by atoms with Crippen LogP contribution in [0.15, 0.2) is 78.9 Å². The minimum atomic E-state index is -0.575. The summed E-state index contributed by atoms with van der Waals surface area (Å²) in [6.07, 6.45) is 2.83. The monoisotopic (exact) mass is 392 g/mol. The summed E-state index contributed by atoms with van der Waals surface area (Å²) < 4.78 is 15.3. The van der Waals surface area contributed by atoms with Gasteiger partial charge in [0.2, 0.25) is 0 Å². The molecule has 0 bridgehead atoms. The molecule has 0 N–H and O–H groups in total. The van der Waals surface area contributed by atoms with Crippen LogP contribution in [-0.2, 0) is 14.4 Å². The number of benzene rings is 2. The molecule has 0 saturated carbocycles. The summed E-state index contributed by atoms with van der Waals surface area (Å²) in [5.41, 5.74) is 1.31. The molecule has 0 atom stereocenters. The lowest BCUT2D eigenvalue weighted by Crippen LogP contribution is -2.08. The van der Waals surface area contributed by atoms with Gasteiger partial charge in [0.15, 0.2) is 0 Å². The van der Waals surface area contributed by atoms with Gasteiger partial charge in [0.1, 0.15) is 17.2 Å². The number of hydrogen-bond acceptors (Lipinski definition) is 6. The predicted molar refractivity (Wildman–Crippen MR) is 108 cm³/mol. The molecule has 6 nitrogen and oxygen atoms in total. The first kappa shape index (κ1) is 21.4. The number of hydrogen-bond donors (Lipinski definition) is 0. The average Bonchev–Trinajstić information content (AvgIpc) is 2.68. The molecule has 0 aliphatic rings. The molecule has 0 aliphatic heterocycles. The standard InChI is InChI=1S/C23H20O6/c1-15(2)22(25)28-19-8-5-17(6-9-19)7-14-21(24)27-18-10-12-20(13-11-18)29-23(26)16(3)4/h5-14H,1,3H2,2,4H3/b14-7+. The van der Waals surface area contributed by atoms with E-state index >= 15 is 0 Å². The molecule has 2 rings (SSSR count). The molecule has 0 radical (unpaired) electrons. The summed E-state index contributed by atoms with van der Waals surface area (Å²) in [6.45, 7) is 10.1.